The van der Waals surface area contributed by atoms with Gasteiger partial charge < -0.3 is 0 Å². The van der Waals surface area contributed by atoms with E-state index >= 15 is 0 Å². The topological polar surface area (TPSA) is 25.8 Å². The van der Waals surface area contributed by atoms with Crippen molar-refractivity contribution in [1.29, 1.82) is 0 Å². The lowest BCUT2D eigenvalue weighted by molar-refractivity contribution is 1.36. The predicted octanol–water partition coefficient (Wildman–Crippen LogP) is 5.66. The zero-order valence-corrected chi connectivity index (χ0v) is 13.3. The lowest BCUT2D eigenvalue weighted by atomic mass is 10.2. The van der Waals surface area contributed by atoms with Gasteiger partial charge in [-0.1, -0.05) is 36.4 Å². The Bertz CT molecular complexity index is 845. The molecule has 3 heterocycles. The molecule has 0 radical (unpaired) electrons. The minimum absolute atomic E-state index is 0.988. The maximum atomic E-state index is 4.72. The van der Waals surface area contributed by atoms with Gasteiger partial charge in [-0.25, -0.2) is 9.97 Å². The van der Waals surface area contributed by atoms with Crippen LogP contribution in [0.5, 0.6) is 0 Å². The van der Waals surface area contributed by atoms with Crippen LogP contribution in [0.4, 0.5) is 0 Å². The molecule has 0 spiro atoms. The molecule has 0 fully saturated rings. The fourth-order valence-corrected chi connectivity index (χ4v) is 4.48. The molecule has 0 aliphatic rings. The quantitative estimate of drug-likeness (QED) is 0.485. The largest absolute Gasteiger partial charge is 0.233 e. The average Bonchev–Trinajstić information content (AvgIpc) is 3.27. The van der Waals surface area contributed by atoms with Crippen molar-refractivity contribution in [2.24, 2.45) is 0 Å². The van der Waals surface area contributed by atoms with Crippen molar-refractivity contribution >= 4 is 34.0 Å². The van der Waals surface area contributed by atoms with Gasteiger partial charge in [0.05, 0.1) is 16.3 Å². The molecule has 3 aromatic heterocycles. The molecule has 1 aromatic carbocycles. The Labute approximate surface area is 134 Å². The van der Waals surface area contributed by atoms with E-state index in [2.05, 4.69) is 40.4 Å². The Hall–Kier alpha value is -1.82. The summed E-state index contributed by atoms with van der Waals surface area (Å²) in [7, 11) is 0. The van der Waals surface area contributed by atoms with Crippen molar-refractivity contribution in [3.8, 4) is 31.8 Å². The number of hydrogen-bond donors (Lipinski definition) is 0. The van der Waals surface area contributed by atoms with E-state index in [-0.39, 0.29) is 0 Å². The SMILES string of the molecule is c1ccc(-c2csc(-c3nc(-c4cccs4)cs3)n2)cc1. The highest BCUT2D eigenvalue weighted by atomic mass is 32.1. The number of benzene rings is 1. The second-order valence-corrected chi connectivity index (χ2v) is 7.08. The predicted molar refractivity (Wildman–Crippen MR) is 92.0 cm³/mol. The second kappa shape index (κ2) is 5.52. The van der Waals surface area contributed by atoms with Crippen LogP contribution in [-0.2, 0) is 0 Å². The molecule has 0 atom stereocenters. The highest BCUT2D eigenvalue weighted by molar-refractivity contribution is 7.20. The molecule has 0 bridgehead atoms. The number of thiazole rings is 2. The van der Waals surface area contributed by atoms with Crippen LogP contribution in [0.15, 0.2) is 58.6 Å². The summed E-state index contributed by atoms with van der Waals surface area (Å²) >= 11 is 5.01. The summed E-state index contributed by atoms with van der Waals surface area (Å²) in [6.07, 6.45) is 0. The first-order valence-electron chi connectivity index (χ1n) is 6.41. The van der Waals surface area contributed by atoms with E-state index in [0.29, 0.717) is 0 Å². The van der Waals surface area contributed by atoms with Crippen LogP contribution in [0, 0.1) is 0 Å². The van der Waals surface area contributed by atoms with Crippen LogP contribution in [-0.4, -0.2) is 9.97 Å². The van der Waals surface area contributed by atoms with Gasteiger partial charge in [0.1, 0.15) is 0 Å². The van der Waals surface area contributed by atoms with Crippen LogP contribution >= 0.6 is 34.0 Å². The Morgan fingerprint density at radius 1 is 0.667 bits per heavy atom. The molecule has 0 aliphatic heterocycles. The van der Waals surface area contributed by atoms with Crippen LogP contribution in [0.25, 0.3) is 31.8 Å². The summed E-state index contributed by atoms with van der Waals surface area (Å²) in [5.41, 5.74) is 3.21. The minimum atomic E-state index is 0.988. The Balaban J connectivity index is 1.67. The smallest absolute Gasteiger partial charge is 0.152 e. The molecular formula is C16H10N2S3. The number of hydrogen-bond acceptors (Lipinski definition) is 5. The van der Waals surface area contributed by atoms with Gasteiger partial charge in [0.25, 0.3) is 0 Å². The first-order valence-corrected chi connectivity index (χ1v) is 9.05. The Morgan fingerprint density at radius 3 is 2.10 bits per heavy atom. The highest BCUT2D eigenvalue weighted by Gasteiger charge is 2.11. The third-order valence-electron chi connectivity index (χ3n) is 3.03. The molecule has 0 amide bonds. The normalized spacial score (nSPS) is 10.9. The van der Waals surface area contributed by atoms with Crippen LogP contribution < -0.4 is 0 Å². The minimum Gasteiger partial charge on any atom is -0.233 e. The fraction of sp³-hybridized carbons (Fsp3) is 0. The van der Waals surface area contributed by atoms with E-state index < -0.39 is 0 Å². The molecule has 2 nitrogen and oxygen atoms in total. The zero-order chi connectivity index (χ0) is 14.1. The average molecular weight is 326 g/mol. The van der Waals surface area contributed by atoms with Crippen molar-refractivity contribution in [3.05, 3.63) is 58.6 Å². The number of thiophene rings is 1. The molecule has 4 rings (SSSR count). The van der Waals surface area contributed by atoms with Crippen molar-refractivity contribution in [2.45, 2.75) is 0 Å². The lowest BCUT2D eigenvalue weighted by Gasteiger charge is -1.93. The second-order valence-electron chi connectivity index (χ2n) is 4.42. The summed E-state index contributed by atoms with van der Waals surface area (Å²) < 4.78 is 0. The molecule has 0 N–H and O–H groups in total. The number of nitrogens with zero attached hydrogens (tertiary/aromatic N) is 2. The molecule has 0 unspecified atom stereocenters. The number of rotatable bonds is 3. The highest BCUT2D eigenvalue weighted by Crippen LogP contribution is 2.34. The van der Waals surface area contributed by atoms with Gasteiger partial charge in [0, 0.05) is 16.3 Å². The summed E-state index contributed by atoms with van der Waals surface area (Å²) in [5.74, 6) is 0. The monoisotopic (exact) mass is 326 g/mol. The van der Waals surface area contributed by atoms with Gasteiger partial charge >= 0.3 is 0 Å². The molecule has 102 valence electrons. The fourth-order valence-electron chi connectivity index (χ4n) is 2.02. The molecule has 21 heavy (non-hydrogen) atoms. The van der Waals surface area contributed by atoms with Crippen molar-refractivity contribution in [1.82, 2.24) is 9.97 Å². The molecule has 5 heteroatoms. The van der Waals surface area contributed by atoms with E-state index in [1.54, 1.807) is 34.0 Å². The van der Waals surface area contributed by atoms with Gasteiger partial charge in [-0.15, -0.1) is 34.0 Å². The lowest BCUT2D eigenvalue weighted by Crippen LogP contribution is -1.79. The van der Waals surface area contributed by atoms with E-state index in [0.717, 1.165) is 27.0 Å². The zero-order valence-electron chi connectivity index (χ0n) is 10.9. The summed E-state index contributed by atoms with van der Waals surface area (Å²) in [4.78, 5) is 10.6. The molecular weight excluding hydrogens is 316 g/mol. The summed E-state index contributed by atoms with van der Waals surface area (Å²) in [5, 5.41) is 8.25. The van der Waals surface area contributed by atoms with Crippen LogP contribution in [0.1, 0.15) is 0 Å². The number of aromatic nitrogens is 2. The molecule has 0 saturated heterocycles. The Morgan fingerprint density at radius 2 is 1.38 bits per heavy atom. The standard InChI is InChI=1S/C16H10N2S3/c1-2-5-11(6-3-1)12-9-20-15(17-12)16-18-13(10-21-16)14-7-4-8-19-14/h1-10H. The van der Waals surface area contributed by atoms with Gasteiger partial charge in [-0.2, -0.15) is 0 Å². The van der Waals surface area contributed by atoms with Gasteiger partial charge in [0.2, 0.25) is 0 Å². The van der Waals surface area contributed by atoms with Crippen molar-refractivity contribution < 1.29 is 0 Å². The first-order chi connectivity index (χ1) is 10.4. The van der Waals surface area contributed by atoms with Gasteiger partial charge in [-0.3, -0.25) is 0 Å². The third kappa shape index (κ3) is 2.55. The van der Waals surface area contributed by atoms with Gasteiger partial charge in [-0.05, 0) is 11.4 Å². The van der Waals surface area contributed by atoms with E-state index in [4.69, 9.17) is 9.97 Å². The molecule has 0 saturated carbocycles. The maximum Gasteiger partial charge on any atom is 0.152 e. The van der Waals surface area contributed by atoms with Crippen LogP contribution in [0.3, 0.4) is 0 Å². The Kier molecular flexibility index (Phi) is 3.39. The van der Waals surface area contributed by atoms with Crippen molar-refractivity contribution in [2.75, 3.05) is 0 Å². The van der Waals surface area contributed by atoms with E-state index in [1.165, 1.54) is 4.88 Å². The van der Waals surface area contributed by atoms with Crippen molar-refractivity contribution in [3.63, 3.8) is 0 Å². The van der Waals surface area contributed by atoms with E-state index in [1.807, 2.05) is 18.2 Å². The third-order valence-corrected chi connectivity index (χ3v) is 5.75. The maximum absolute atomic E-state index is 4.72. The van der Waals surface area contributed by atoms with E-state index in [9.17, 15) is 0 Å². The van der Waals surface area contributed by atoms with Crippen LogP contribution in [0.2, 0.25) is 0 Å². The molecule has 0 aliphatic carbocycles. The first kappa shape index (κ1) is 12.9. The summed E-state index contributed by atoms with van der Waals surface area (Å²) in [6.45, 7) is 0. The van der Waals surface area contributed by atoms with Gasteiger partial charge in [0.15, 0.2) is 10.0 Å². The summed E-state index contributed by atoms with van der Waals surface area (Å²) in [6, 6.07) is 14.4. The molecule has 4 aromatic rings.